The van der Waals surface area contributed by atoms with Gasteiger partial charge in [0.25, 0.3) is 5.69 Å². The van der Waals surface area contributed by atoms with Crippen molar-refractivity contribution < 1.29 is 29.0 Å². The van der Waals surface area contributed by atoms with Crippen molar-refractivity contribution >= 4 is 45.1 Å². The highest BCUT2D eigenvalue weighted by Crippen LogP contribution is 2.37. The SMILES string of the molecule is COCCOc1cc2c(Nc3ccc4c(cnn4C(=O)O)c3)nc(-c3cccc([N+](=O)[O-])c3)nc2cc1OC. The zero-order valence-corrected chi connectivity index (χ0v) is 20.8. The Bertz CT molecular complexity index is 1720. The molecule has 2 aromatic heterocycles. The first kappa shape index (κ1) is 25.4. The molecule has 0 fully saturated rings. The van der Waals surface area contributed by atoms with E-state index in [9.17, 15) is 20.0 Å². The van der Waals surface area contributed by atoms with Gasteiger partial charge in [0.1, 0.15) is 12.4 Å². The second kappa shape index (κ2) is 10.6. The first-order chi connectivity index (χ1) is 18.9. The Morgan fingerprint density at radius 1 is 1.08 bits per heavy atom. The zero-order chi connectivity index (χ0) is 27.5. The summed E-state index contributed by atoms with van der Waals surface area (Å²) in [6, 6.07) is 14.5. The molecule has 0 bridgehead atoms. The Kier molecular flexibility index (Phi) is 6.89. The minimum Gasteiger partial charge on any atom is -0.493 e. The van der Waals surface area contributed by atoms with Crippen LogP contribution in [-0.2, 0) is 4.74 Å². The highest BCUT2D eigenvalue weighted by molar-refractivity contribution is 5.96. The van der Waals surface area contributed by atoms with E-state index in [1.165, 1.54) is 25.4 Å². The van der Waals surface area contributed by atoms with Gasteiger partial charge in [0, 0.05) is 47.3 Å². The summed E-state index contributed by atoms with van der Waals surface area (Å²) in [6.07, 6.45) is 0.262. The van der Waals surface area contributed by atoms with Gasteiger partial charge in [-0.1, -0.05) is 12.1 Å². The number of anilines is 2. The number of methoxy groups -OCH3 is 2. The summed E-state index contributed by atoms with van der Waals surface area (Å²) >= 11 is 0. The Balaban J connectivity index is 1.65. The maximum Gasteiger partial charge on any atom is 0.432 e. The van der Waals surface area contributed by atoms with Crippen molar-refractivity contribution in [3.05, 3.63) is 70.9 Å². The summed E-state index contributed by atoms with van der Waals surface area (Å²) in [6.45, 7) is 0.663. The second-order valence-electron chi connectivity index (χ2n) is 8.30. The van der Waals surface area contributed by atoms with Crippen LogP contribution in [0, 0.1) is 10.1 Å². The molecule has 0 atom stereocenters. The fourth-order valence-electron chi connectivity index (χ4n) is 4.03. The van der Waals surface area contributed by atoms with Gasteiger partial charge in [-0.25, -0.2) is 14.8 Å². The number of hydrogen-bond donors (Lipinski definition) is 2. The summed E-state index contributed by atoms with van der Waals surface area (Å²) in [5.74, 6) is 1.54. The zero-order valence-electron chi connectivity index (χ0n) is 20.8. The molecule has 13 nitrogen and oxygen atoms in total. The van der Waals surface area contributed by atoms with Crippen molar-refractivity contribution in [2.75, 3.05) is 32.8 Å². The van der Waals surface area contributed by atoms with Crippen LogP contribution in [0.15, 0.2) is 60.8 Å². The lowest BCUT2D eigenvalue weighted by atomic mass is 10.1. The summed E-state index contributed by atoms with van der Waals surface area (Å²) in [5, 5.41) is 29.1. The number of hydrogen-bond acceptors (Lipinski definition) is 10. The number of nitrogens with one attached hydrogen (secondary N) is 1. The highest BCUT2D eigenvalue weighted by atomic mass is 16.6. The van der Waals surface area contributed by atoms with E-state index in [2.05, 4.69) is 15.4 Å². The molecule has 5 rings (SSSR count). The molecule has 0 unspecified atom stereocenters. The summed E-state index contributed by atoms with van der Waals surface area (Å²) in [5.41, 5.74) is 1.90. The van der Waals surface area contributed by atoms with Crippen LogP contribution in [0.3, 0.4) is 0 Å². The van der Waals surface area contributed by atoms with Gasteiger partial charge in [0.2, 0.25) is 0 Å². The number of nitro benzene ring substituents is 1. The van der Waals surface area contributed by atoms with Gasteiger partial charge >= 0.3 is 6.09 Å². The van der Waals surface area contributed by atoms with Gasteiger partial charge in [-0.05, 0) is 24.3 Å². The van der Waals surface area contributed by atoms with Crippen molar-refractivity contribution in [1.29, 1.82) is 0 Å². The van der Waals surface area contributed by atoms with Crippen molar-refractivity contribution in [2.24, 2.45) is 0 Å². The fourth-order valence-corrected chi connectivity index (χ4v) is 4.03. The molecule has 2 N–H and O–H groups in total. The number of nitro groups is 1. The molecule has 0 amide bonds. The van der Waals surface area contributed by atoms with E-state index in [-0.39, 0.29) is 18.1 Å². The van der Waals surface area contributed by atoms with E-state index in [0.29, 0.717) is 57.0 Å². The highest BCUT2D eigenvalue weighted by Gasteiger charge is 2.17. The molecule has 198 valence electrons. The van der Waals surface area contributed by atoms with Crippen molar-refractivity contribution in [1.82, 2.24) is 19.7 Å². The van der Waals surface area contributed by atoms with Gasteiger partial charge in [0.15, 0.2) is 17.3 Å². The van der Waals surface area contributed by atoms with Crippen LogP contribution in [0.1, 0.15) is 0 Å². The number of rotatable bonds is 9. The van der Waals surface area contributed by atoms with Crippen LogP contribution in [0.25, 0.3) is 33.2 Å². The van der Waals surface area contributed by atoms with Crippen molar-refractivity contribution in [3.63, 3.8) is 0 Å². The summed E-state index contributed by atoms with van der Waals surface area (Å²) < 4.78 is 17.3. The number of carboxylic acid groups (broad SMARTS) is 1. The number of aromatic nitrogens is 4. The predicted octanol–water partition coefficient (Wildman–Crippen LogP) is 4.86. The molecule has 2 heterocycles. The van der Waals surface area contributed by atoms with E-state index in [0.717, 1.165) is 4.68 Å². The molecule has 0 aliphatic carbocycles. The molecule has 5 aromatic rings. The lowest BCUT2D eigenvalue weighted by Crippen LogP contribution is -2.08. The normalized spacial score (nSPS) is 11.0. The molecular formula is C26H22N6O7. The van der Waals surface area contributed by atoms with Crippen molar-refractivity contribution in [3.8, 4) is 22.9 Å². The number of non-ortho nitro benzene ring substituents is 1. The maximum atomic E-state index is 11.4. The quantitative estimate of drug-likeness (QED) is 0.152. The second-order valence-corrected chi connectivity index (χ2v) is 8.30. The molecule has 39 heavy (non-hydrogen) atoms. The molecule has 3 aromatic carbocycles. The van der Waals surface area contributed by atoms with E-state index >= 15 is 0 Å². The van der Waals surface area contributed by atoms with Crippen LogP contribution in [0.4, 0.5) is 22.0 Å². The van der Waals surface area contributed by atoms with E-state index < -0.39 is 11.0 Å². The Morgan fingerprint density at radius 3 is 2.67 bits per heavy atom. The van der Waals surface area contributed by atoms with Crippen LogP contribution in [0.5, 0.6) is 11.5 Å². The third-order valence-electron chi connectivity index (χ3n) is 5.85. The van der Waals surface area contributed by atoms with E-state index in [4.69, 9.17) is 19.2 Å². The van der Waals surface area contributed by atoms with Gasteiger partial charge in [-0.2, -0.15) is 9.78 Å². The third-order valence-corrected chi connectivity index (χ3v) is 5.85. The summed E-state index contributed by atoms with van der Waals surface area (Å²) in [4.78, 5) is 31.6. The molecule has 0 aliphatic rings. The lowest BCUT2D eigenvalue weighted by molar-refractivity contribution is -0.384. The molecule has 0 saturated heterocycles. The third kappa shape index (κ3) is 5.10. The van der Waals surface area contributed by atoms with E-state index in [1.807, 2.05) is 0 Å². The van der Waals surface area contributed by atoms with Gasteiger partial charge in [-0.15, -0.1) is 0 Å². The Labute approximate surface area is 220 Å². The number of nitrogens with zero attached hydrogens (tertiary/aromatic N) is 5. The topological polar surface area (TPSA) is 164 Å². The van der Waals surface area contributed by atoms with Gasteiger partial charge in [-0.3, -0.25) is 10.1 Å². The Hall–Kier alpha value is -5.30. The number of fused-ring (bicyclic) bond motifs is 2. The predicted molar refractivity (Wildman–Crippen MR) is 142 cm³/mol. The fraction of sp³-hybridized carbons (Fsp3) is 0.154. The van der Waals surface area contributed by atoms with Crippen LogP contribution < -0.4 is 14.8 Å². The lowest BCUT2D eigenvalue weighted by Gasteiger charge is -2.15. The first-order valence-electron chi connectivity index (χ1n) is 11.6. The standard InChI is InChI=1S/C26H22N6O7/c1-37-8-9-39-23-12-19-20(13-22(23)38-2)29-24(15-4-3-5-18(11-15)32(35)36)30-25(19)28-17-6-7-21-16(10-17)14-27-31(21)26(33)34/h3-7,10-14H,8-9H2,1-2H3,(H,33,34)(H,28,29,30). The average molecular weight is 530 g/mol. The summed E-state index contributed by atoms with van der Waals surface area (Å²) in [7, 11) is 3.09. The van der Waals surface area contributed by atoms with Crippen LogP contribution in [-0.4, -0.2) is 63.3 Å². The van der Waals surface area contributed by atoms with E-state index in [1.54, 1.807) is 49.6 Å². The maximum absolute atomic E-state index is 11.4. The minimum atomic E-state index is -1.19. The van der Waals surface area contributed by atoms with Gasteiger partial charge in [0.05, 0.1) is 35.9 Å². The molecule has 13 heteroatoms. The average Bonchev–Trinajstić information content (AvgIpc) is 3.36. The van der Waals surface area contributed by atoms with Gasteiger partial charge < -0.3 is 24.6 Å². The monoisotopic (exact) mass is 530 g/mol. The number of ether oxygens (including phenoxy) is 3. The minimum absolute atomic E-state index is 0.0916. The molecule has 0 spiro atoms. The largest absolute Gasteiger partial charge is 0.493 e. The smallest absolute Gasteiger partial charge is 0.432 e. The van der Waals surface area contributed by atoms with Crippen LogP contribution in [0.2, 0.25) is 0 Å². The Morgan fingerprint density at radius 2 is 1.92 bits per heavy atom. The molecular weight excluding hydrogens is 508 g/mol. The molecule has 0 saturated carbocycles. The molecule has 0 radical (unpaired) electrons. The number of benzene rings is 3. The first-order valence-corrected chi connectivity index (χ1v) is 11.6. The number of carbonyl (C=O) groups is 1. The van der Waals surface area contributed by atoms with Crippen LogP contribution >= 0.6 is 0 Å². The van der Waals surface area contributed by atoms with Crippen molar-refractivity contribution in [2.45, 2.75) is 0 Å². The molecule has 0 aliphatic heterocycles.